The number of allylic oxidation sites excluding steroid dienone is 2. The van der Waals surface area contributed by atoms with Crippen molar-refractivity contribution in [1.82, 2.24) is 20.0 Å². The minimum absolute atomic E-state index is 0.0421. The zero-order valence-electron chi connectivity index (χ0n) is 23.8. The summed E-state index contributed by atoms with van der Waals surface area (Å²) >= 11 is 6.61. The predicted molar refractivity (Wildman–Crippen MR) is 162 cm³/mol. The molecule has 2 heterocycles. The Morgan fingerprint density at radius 1 is 1.12 bits per heavy atom. The molecule has 0 bridgehead atoms. The van der Waals surface area contributed by atoms with E-state index < -0.39 is 12.3 Å². The van der Waals surface area contributed by atoms with Crippen LogP contribution < -0.4 is 10.6 Å². The Morgan fingerprint density at radius 2 is 1.83 bits per heavy atom. The number of hydrogen-bond donors (Lipinski definition) is 3. The standard InChI is InChI=1S/C32H36ClN5O3/c1-19(2)38-18-24(10-14-29(38)39)23-9-13-27(33)25(15-23)16-28(36-31(40)22-5-6-22)32(41)35-26-11-7-21(8-12-26)30-20(3)17-34-37(30)4/h7-15,17-19,22,28-29,39H,5-6,16H2,1-4H3,(H,35,41)(H,36,40)/t28-,29?/m0/s1. The Kier molecular flexibility index (Phi) is 8.33. The highest BCUT2D eigenvalue weighted by Crippen LogP contribution is 2.31. The van der Waals surface area contributed by atoms with Crippen molar-refractivity contribution in [1.29, 1.82) is 0 Å². The number of halogens is 1. The van der Waals surface area contributed by atoms with E-state index in [-0.39, 0.29) is 30.2 Å². The second-order valence-electron chi connectivity index (χ2n) is 11.1. The third-order valence-electron chi connectivity index (χ3n) is 7.57. The lowest BCUT2D eigenvalue weighted by Gasteiger charge is -2.32. The maximum Gasteiger partial charge on any atom is 0.247 e. The van der Waals surface area contributed by atoms with Gasteiger partial charge in [0.25, 0.3) is 0 Å². The molecule has 214 valence electrons. The van der Waals surface area contributed by atoms with E-state index in [9.17, 15) is 14.7 Å². The summed E-state index contributed by atoms with van der Waals surface area (Å²) in [5, 5.41) is 21.1. The van der Waals surface area contributed by atoms with E-state index in [1.54, 1.807) is 6.08 Å². The third-order valence-corrected chi connectivity index (χ3v) is 7.94. The van der Waals surface area contributed by atoms with Crippen LogP contribution >= 0.6 is 11.6 Å². The number of rotatable bonds is 9. The van der Waals surface area contributed by atoms with E-state index in [1.165, 1.54) is 0 Å². The number of aliphatic hydroxyl groups excluding tert-OH is 1. The molecule has 1 unspecified atom stereocenters. The lowest BCUT2D eigenvalue weighted by atomic mass is 9.97. The molecule has 0 radical (unpaired) electrons. The number of aromatic nitrogens is 2. The van der Waals surface area contributed by atoms with Crippen molar-refractivity contribution < 1.29 is 14.7 Å². The van der Waals surface area contributed by atoms with E-state index in [0.717, 1.165) is 46.4 Å². The summed E-state index contributed by atoms with van der Waals surface area (Å²) in [6.07, 6.45) is 8.60. The van der Waals surface area contributed by atoms with Gasteiger partial charge in [0.2, 0.25) is 11.8 Å². The molecule has 1 aliphatic heterocycles. The van der Waals surface area contributed by atoms with Gasteiger partial charge in [0.1, 0.15) is 12.3 Å². The van der Waals surface area contributed by atoms with Crippen LogP contribution in [0.15, 0.2) is 67.0 Å². The van der Waals surface area contributed by atoms with E-state index in [2.05, 4.69) is 15.7 Å². The molecule has 2 aliphatic rings. The number of aliphatic hydroxyl groups is 1. The van der Waals surface area contributed by atoms with Crippen molar-refractivity contribution >= 4 is 34.7 Å². The van der Waals surface area contributed by atoms with Gasteiger partial charge in [-0.3, -0.25) is 14.3 Å². The zero-order chi connectivity index (χ0) is 29.3. The molecule has 3 N–H and O–H groups in total. The second-order valence-corrected chi connectivity index (χ2v) is 11.5. The fraction of sp³-hybridized carbons (Fsp3) is 0.344. The SMILES string of the molecule is Cc1cnn(C)c1-c1ccc(NC(=O)[C@H](Cc2cc(C3=CN(C(C)C)C(O)C=C3)ccc2Cl)NC(=O)C2CC2)cc1. The van der Waals surface area contributed by atoms with Gasteiger partial charge < -0.3 is 20.6 Å². The summed E-state index contributed by atoms with van der Waals surface area (Å²) in [4.78, 5) is 28.2. The molecule has 5 rings (SSSR count). The van der Waals surface area contributed by atoms with Crippen LogP contribution in [0.2, 0.25) is 5.02 Å². The number of benzene rings is 2. The molecule has 1 fully saturated rings. The topological polar surface area (TPSA) is 99.5 Å². The molecule has 2 aromatic carbocycles. The minimum atomic E-state index is -0.806. The Labute approximate surface area is 245 Å². The maximum absolute atomic E-state index is 13.5. The van der Waals surface area contributed by atoms with Gasteiger partial charge in [-0.25, -0.2) is 0 Å². The van der Waals surface area contributed by atoms with Gasteiger partial charge in [-0.05, 0) is 86.2 Å². The smallest absolute Gasteiger partial charge is 0.247 e. The van der Waals surface area contributed by atoms with E-state index in [4.69, 9.17) is 11.6 Å². The summed E-state index contributed by atoms with van der Waals surface area (Å²) in [6, 6.07) is 12.6. The maximum atomic E-state index is 13.5. The summed E-state index contributed by atoms with van der Waals surface area (Å²) < 4.78 is 1.83. The van der Waals surface area contributed by atoms with Gasteiger partial charge in [-0.15, -0.1) is 0 Å². The minimum Gasteiger partial charge on any atom is -0.370 e. The van der Waals surface area contributed by atoms with E-state index in [0.29, 0.717) is 10.7 Å². The fourth-order valence-corrected chi connectivity index (χ4v) is 5.27. The van der Waals surface area contributed by atoms with Crippen molar-refractivity contribution in [3.05, 3.63) is 88.7 Å². The number of hydrogen-bond acceptors (Lipinski definition) is 5. The number of carbonyl (C=O) groups is 2. The molecule has 2 atom stereocenters. The van der Waals surface area contributed by atoms with Crippen molar-refractivity contribution in [3.63, 3.8) is 0 Å². The first kappa shape index (κ1) is 28.6. The van der Waals surface area contributed by atoms with Crippen LogP contribution in [0.1, 0.15) is 43.4 Å². The van der Waals surface area contributed by atoms with E-state index in [1.807, 2.05) is 98.3 Å². The molecule has 1 aliphatic carbocycles. The first-order valence-corrected chi connectivity index (χ1v) is 14.3. The van der Waals surface area contributed by atoms with Gasteiger partial charge in [0.15, 0.2) is 0 Å². The van der Waals surface area contributed by atoms with Crippen molar-refractivity contribution in [3.8, 4) is 11.3 Å². The third kappa shape index (κ3) is 6.55. The predicted octanol–water partition coefficient (Wildman–Crippen LogP) is 5.06. The molecule has 1 aromatic heterocycles. The number of nitrogens with one attached hydrogen (secondary N) is 2. The molecule has 1 saturated carbocycles. The molecular formula is C32H36ClN5O3. The molecule has 2 amide bonds. The van der Waals surface area contributed by atoms with Crippen LogP contribution in [0.3, 0.4) is 0 Å². The first-order chi connectivity index (χ1) is 19.6. The van der Waals surface area contributed by atoms with Crippen LogP contribution in [0.4, 0.5) is 5.69 Å². The summed E-state index contributed by atoms with van der Waals surface area (Å²) in [5.74, 6) is -0.464. The molecule has 8 nitrogen and oxygen atoms in total. The lowest BCUT2D eigenvalue weighted by Crippen LogP contribution is -2.45. The number of nitrogens with zero attached hydrogens (tertiary/aromatic N) is 3. The van der Waals surface area contributed by atoms with Crippen LogP contribution in [-0.4, -0.2) is 49.9 Å². The fourth-order valence-electron chi connectivity index (χ4n) is 5.07. The summed E-state index contributed by atoms with van der Waals surface area (Å²) in [7, 11) is 1.90. The highest BCUT2D eigenvalue weighted by atomic mass is 35.5. The van der Waals surface area contributed by atoms with Crippen molar-refractivity contribution in [2.24, 2.45) is 13.0 Å². The van der Waals surface area contributed by atoms with Crippen LogP contribution in [0.5, 0.6) is 0 Å². The Bertz CT molecular complexity index is 1480. The average molecular weight is 574 g/mol. The van der Waals surface area contributed by atoms with Crippen molar-refractivity contribution in [2.45, 2.75) is 58.3 Å². The molecule has 9 heteroatoms. The monoisotopic (exact) mass is 573 g/mol. The van der Waals surface area contributed by atoms with Gasteiger partial charge in [-0.2, -0.15) is 5.10 Å². The van der Waals surface area contributed by atoms with Crippen molar-refractivity contribution in [2.75, 3.05) is 5.32 Å². The van der Waals surface area contributed by atoms with Crippen LogP contribution in [0.25, 0.3) is 16.8 Å². The normalized spacial score (nSPS) is 17.4. The molecular weight excluding hydrogens is 538 g/mol. The van der Waals surface area contributed by atoms with Gasteiger partial charge in [-0.1, -0.05) is 35.9 Å². The number of amides is 2. The Hall–Kier alpha value is -3.88. The zero-order valence-corrected chi connectivity index (χ0v) is 24.5. The Morgan fingerprint density at radius 3 is 2.46 bits per heavy atom. The average Bonchev–Trinajstić information content (AvgIpc) is 3.74. The number of anilines is 1. The second kappa shape index (κ2) is 11.9. The number of aryl methyl sites for hydroxylation is 2. The van der Waals surface area contributed by atoms with Crippen LogP contribution in [0, 0.1) is 12.8 Å². The van der Waals surface area contributed by atoms with Crippen LogP contribution in [-0.2, 0) is 23.1 Å². The van der Waals surface area contributed by atoms with Gasteiger partial charge in [0, 0.05) is 47.9 Å². The lowest BCUT2D eigenvalue weighted by molar-refractivity contribution is -0.127. The highest BCUT2D eigenvalue weighted by molar-refractivity contribution is 6.31. The molecule has 3 aromatic rings. The Balaban J connectivity index is 1.36. The number of carbonyl (C=O) groups excluding carboxylic acids is 2. The largest absolute Gasteiger partial charge is 0.370 e. The molecule has 0 spiro atoms. The van der Waals surface area contributed by atoms with E-state index >= 15 is 0 Å². The molecule has 41 heavy (non-hydrogen) atoms. The summed E-state index contributed by atoms with van der Waals surface area (Å²) in [6.45, 7) is 6.04. The summed E-state index contributed by atoms with van der Waals surface area (Å²) in [5.41, 5.74) is 6.30. The van der Waals surface area contributed by atoms with Gasteiger partial charge in [0.05, 0.1) is 11.9 Å². The first-order valence-electron chi connectivity index (χ1n) is 14.0. The van der Waals surface area contributed by atoms with Gasteiger partial charge >= 0.3 is 0 Å². The highest BCUT2D eigenvalue weighted by Gasteiger charge is 2.33. The quantitative estimate of drug-likeness (QED) is 0.332. The molecule has 0 saturated heterocycles.